The Hall–Kier alpha value is -3.23. The summed E-state index contributed by atoms with van der Waals surface area (Å²) < 4.78 is 15.7. The van der Waals surface area contributed by atoms with Crippen molar-refractivity contribution in [1.82, 2.24) is 10.6 Å². The van der Waals surface area contributed by atoms with Gasteiger partial charge < -0.3 is 30.0 Å². The van der Waals surface area contributed by atoms with E-state index in [0.717, 1.165) is 0 Å². The van der Waals surface area contributed by atoms with Gasteiger partial charge in [0.15, 0.2) is 17.6 Å². The highest BCUT2D eigenvalue weighted by Gasteiger charge is 2.39. The van der Waals surface area contributed by atoms with E-state index in [-0.39, 0.29) is 23.8 Å². The van der Waals surface area contributed by atoms with Gasteiger partial charge >= 0.3 is 18.0 Å². The molecule has 1 saturated heterocycles. The molecule has 1 aliphatic heterocycles. The van der Waals surface area contributed by atoms with Crippen LogP contribution in [0.2, 0.25) is 0 Å². The maximum Gasteiger partial charge on any atom is 0.344 e. The largest absolute Gasteiger partial charge is 0.493 e. The minimum Gasteiger partial charge on any atom is -0.493 e. The first-order chi connectivity index (χ1) is 12.8. The van der Waals surface area contributed by atoms with Gasteiger partial charge in [-0.1, -0.05) is 12.6 Å². The normalized spacial score (nSPS) is 20.1. The molecule has 2 rings (SSSR count). The van der Waals surface area contributed by atoms with E-state index >= 15 is 0 Å². The van der Waals surface area contributed by atoms with Crippen LogP contribution in [0.3, 0.4) is 0 Å². The van der Waals surface area contributed by atoms with Crippen molar-refractivity contribution in [3.8, 4) is 11.5 Å². The molecule has 1 heterocycles. The molecular weight excluding hydrogens is 356 g/mol. The van der Waals surface area contributed by atoms with Gasteiger partial charge in [0.2, 0.25) is 0 Å². The molecule has 2 amide bonds. The molecule has 1 aromatic carbocycles. The highest BCUT2D eigenvalue weighted by atomic mass is 16.5. The monoisotopic (exact) mass is 378 g/mol. The zero-order chi connectivity index (χ0) is 20.1. The fourth-order valence-electron chi connectivity index (χ4n) is 2.69. The van der Waals surface area contributed by atoms with Crippen molar-refractivity contribution in [2.75, 3.05) is 13.7 Å². The summed E-state index contributed by atoms with van der Waals surface area (Å²) in [5.74, 6) is -1.99. The van der Waals surface area contributed by atoms with Gasteiger partial charge in [0, 0.05) is 5.70 Å². The smallest absolute Gasteiger partial charge is 0.344 e. The summed E-state index contributed by atoms with van der Waals surface area (Å²) in [6.45, 7) is 7.01. The Kier molecular flexibility index (Phi) is 6.27. The summed E-state index contributed by atoms with van der Waals surface area (Å²) in [6, 6.07) is 3.48. The highest BCUT2D eigenvalue weighted by molar-refractivity contribution is 5.85. The van der Waals surface area contributed by atoms with E-state index in [1.165, 1.54) is 20.1 Å². The minimum atomic E-state index is -1.12. The molecule has 27 heavy (non-hydrogen) atoms. The quantitative estimate of drug-likeness (QED) is 0.616. The third-order valence-corrected chi connectivity index (χ3v) is 4.01. The van der Waals surface area contributed by atoms with Crippen LogP contribution in [0.4, 0.5) is 4.79 Å². The Bertz CT molecular complexity index is 762. The summed E-state index contributed by atoms with van der Waals surface area (Å²) in [5.41, 5.74) is 0.775. The number of nitrogens with one attached hydrogen (secondary N) is 2. The third kappa shape index (κ3) is 4.49. The van der Waals surface area contributed by atoms with E-state index in [9.17, 15) is 14.4 Å². The van der Waals surface area contributed by atoms with Crippen molar-refractivity contribution in [3.63, 3.8) is 0 Å². The van der Waals surface area contributed by atoms with Gasteiger partial charge in [-0.2, -0.15) is 0 Å². The number of carboxylic acid groups (broad SMARTS) is 1. The number of carboxylic acids is 1. The molecule has 0 saturated carbocycles. The van der Waals surface area contributed by atoms with Gasteiger partial charge in [-0.3, -0.25) is 4.79 Å². The molecule has 0 spiro atoms. The maximum atomic E-state index is 12.3. The van der Waals surface area contributed by atoms with E-state index < -0.39 is 36.0 Å². The van der Waals surface area contributed by atoms with Gasteiger partial charge in [-0.15, -0.1) is 0 Å². The number of rotatable bonds is 7. The molecule has 9 nitrogen and oxygen atoms in total. The third-order valence-electron chi connectivity index (χ3n) is 4.01. The van der Waals surface area contributed by atoms with Crippen LogP contribution < -0.4 is 20.1 Å². The second kappa shape index (κ2) is 8.43. The summed E-state index contributed by atoms with van der Waals surface area (Å²) in [5, 5.41) is 14.1. The average molecular weight is 378 g/mol. The zero-order valence-corrected chi connectivity index (χ0v) is 15.3. The van der Waals surface area contributed by atoms with Crippen LogP contribution >= 0.6 is 0 Å². The Morgan fingerprint density at radius 1 is 1.33 bits per heavy atom. The lowest BCUT2D eigenvalue weighted by Crippen LogP contribution is -2.51. The lowest BCUT2D eigenvalue weighted by atomic mass is 9.89. The van der Waals surface area contributed by atoms with Gasteiger partial charge in [-0.25, -0.2) is 9.59 Å². The molecule has 1 aromatic rings. The molecule has 3 N–H and O–H groups in total. The van der Waals surface area contributed by atoms with Crippen molar-refractivity contribution >= 4 is 18.0 Å². The Morgan fingerprint density at radius 2 is 2.04 bits per heavy atom. The number of methoxy groups -OCH3 is 1. The number of aliphatic carboxylic acids is 1. The van der Waals surface area contributed by atoms with Crippen LogP contribution in [0.15, 0.2) is 30.5 Å². The van der Waals surface area contributed by atoms with Crippen molar-refractivity contribution < 1.29 is 33.7 Å². The molecular formula is C18H22N2O7. The predicted molar refractivity (Wildman–Crippen MR) is 94.4 cm³/mol. The van der Waals surface area contributed by atoms with Crippen molar-refractivity contribution in [1.29, 1.82) is 0 Å². The van der Waals surface area contributed by atoms with Crippen LogP contribution in [0.25, 0.3) is 0 Å². The standard InChI is InChI=1S/C18H22N2O7/c1-5-26-17(23)14-9(2)19-18(24)20-15(14)11-6-7-12(13(8-11)25-4)27-10(3)16(21)22/h6-8,10,14-15H,2,5H2,1,3-4H3,(H,21,22)(H2,19,20,24)/t10-,14+,15-/m0/s1. The number of carbonyl (C=O) groups excluding carboxylic acids is 2. The summed E-state index contributed by atoms with van der Waals surface area (Å²) in [6.07, 6.45) is -1.07. The molecule has 0 aromatic heterocycles. The topological polar surface area (TPSA) is 123 Å². The number of hydrogen-bond acceptors (Lipinski definition) is 6. The fourth-order valence-corrected chi connectivity index (χ4v) is 2.69. The maximum absolute atomic E-state index is 12.3. The number of benzene rings is 1. The molecule has 146 valence electrons. The number of amides is 2. The fraction of sp³-hybridized carbons (Fsp3) is 0.389. The van der Waals surface area contributed by atoms with E-state index in [4.69, 9.17) is 19.3 Å². The van der Waals surface area contributed by atoms with Crippen molar-refractivity contribution in [2.45, 2.75) is 26.0 Å². The molecule has 0 aliphatic carbocycles. The first kappa shape index (κ1) is 20.1. The molecule has 0 radical (unpaired) electrons. The lowest BCUT2D eigenvalue weighted by Gasteiger charge is -2.33. The lowest BCUT2D eigenvalue weighted by molar-refractivity contribution is -0.148. The Balaban J connectivity index is 2.38. The zero-order valence-electron chi connectivity index (χ0n) is 15.3. The molecule has 0 unspecified atom stereocenters. The van der Waals surface area contributed by atoms with Crippen LogP contribution in [-0.4, -0.2) is 42.9 Å². The van der Waals surface area contributed by atoms with Crippen molar-refractivity contribution in [2.24, 2.45) is 5.92 Å². The van der Waals surface area contributed by atoms with Gasteiger partial charge in [-0.05, 0) is 31.5 Å². The first-order valence-corrected chi connectivity index (χ1v) is 8.28. The second-order valence-electron chi connectivity index (χ2n) is 5.84. The number of carbonyl (C=O) groups is 3. The Morgan fingerprint density at radius 3 is 2.63 bits per heavy atom. The van der Waals surface area contributed by atoms with Gasteiger partial charge in [0.25, 0.3) is 0 Å². The minimum absolute atomic E-state index is 0.187. The molecule has 1 fully saturated rings. The molecule has 1 aliphatic rings. The number of ether oxygens (including phenoxy) is 3. The second-order valence-corrected chi connectivity index (χ2v) is 5.84. The summed E-state index contributed by atoms with van der Waals surface area (Å²) in [4.78, 5) is 35.2. The SMILES string of the molecule is C=C1NC(=O)N[C@@H](c2ccc(O[C@@H](C)C(=O)O)c(OC)c2)[C@@H]1C(=O)OCC. The first-order valence-electron chi connectivity index (χ1n) is 8.28. The van der Waals surface area contributed by atoms with Gasteiger partial charge in [0.1, 0.15) is 5.92 Å². The average Bonchev–Trinajstić information content (AvgIpc) is 2.61. The predicted octanol–water partition coefficient (Wildman–Crippen LogP) is 1.59. The van der Waals surface area contributed by atoms with E-state index in [1.807, 2.05) is 0 Å². The van der Waals surface area contributed by atoms with Crippen molar-refractivity contribution in [3.05, 3.63) is 36.0 Å². The number of urea groups is 1. The number of hydrogen-bond donors (Lipinski definition) is 3. The van der Waals surface area contributed by atoms with Crippen LogP contribution in [0.5, 0.6) is 11.5 Å². The van der Waals surface area contributed by atoms with E-state index in [0.29, 0.717) is 5.56 Å². The summed E-state index contributed by atoms with van der Waals surface area (Å²) in [7, 11) is 1.40. The molecule has 3 atom stereocenters. The van der Waals surface area contributed by atoms with E-state index in [2.05, 4.69) is 17.2 Å². The Labute approximate surface area is 156 Å². The highest BCUT2D eigenvalue weighted by Crippen LogP contribution is 2.36. The number of esters is 1. The van der Waals surface area contributed by atoms with Gasteiger partial charge in [0.05, 0.1) is 19.8 Å². The van der Waals surface area contributed by atoms with E-state index in [1.54, 1.807) is 19.1 Å². The van der Waals surface area contributed by atoms with Crippen LogP contribution in [0, 0.1) is 5.92 Å². The molecule has 9 heteroatoms. The summed E-state index contributed by atoms with van der Waals surface area (Å²) >= 11 is 0. The molecule has 0 bridgehead atoms. The van der Waals surface area contributed by atoms with Crippen LogP contribution in [-0.2, 0) is 14.3 Å². The van der Waals surface area contributed by atoms with Crippen LogP contribution in [0.1, 0.15) is 25.5 Å².